The molecule has 0 aliphatic heterocycles. The lowest BCUT2D eigenvalue weighted by Gasteiger charge is -2.26. The van der Waals surface area contributed by atoms with Gasteiger partial charge in [0.15, 0.2) is 0 Å². The van der Waals surface area contributed by atoms with Gasteiger partial charge in [-0.2, -0.15) is 0 Å². The molecular formula is C54H36N2O. The molecule has 0 amide bonds. The SMILES string of the molecule is c1ccc(-c2ccc(-c3ccc(N(c4ccc(-c5ccccc5)cc4)c4ccc5c(c4)oc4ccc6c(c7ccccc7n6-c6ccccc6)c45)cc3)cc2)cc1. The third-order valence-corrected chi connectivity index (χ3v) is 11.2. The van der Waals surface area contributed by atoms with Gasteiger partial charge >= 0.3 is 0 Å². The first kappa shape index (κ1) is 32.8. The summed E-state index contributed by atoms with van der Waals surface area (Å²) in [5.74, 6) is 0. The second kappa shape index (κ2) is 13.6. The van der Waals surface area contributed by atoms with Crippen LogP contribution in [0.25, 0.3) is 82.8 Å². The molecule has 0 spiro atoms. The van der Waals surface area contributed by atoms with Crippen LogP contribution in [0.2, 0.25) is 0 Å². The molecule has 11 rings (SSSR count). The van der Waals surface area contributed by atoms with Crippen LogP contribution >= 0.6 is 0 Å². The molecule has 11 aromatic rings. The molecule has 0 saturated heterocycles. The highest BCUT2D eigenvalue weighted by molar-refractivity contribution is 6.27. The molecule has 0 radical (unpaired) electrons. The van der Waals surface area contributed by atoms with Crippen LogP contribution in [-0.2, 0) is 0 Å². The van der Waals surface area contributed by atoms with Crippen molar-refractivity contribution in [3.8, 4) is 39.1 Å². The van der Waals surface area contributed by atoms with E-state index in [0.29, 0.717) is 0 Å². The van der Waals surface area contributed by atoms with E-state index in [2.05, 4.69) is 228 Å². The molecule has 0 aliphatic carbocycles. The van der Waals surface area contributed by atoms with Crippen molar-refractivity contribution in [1.29, 1.82) is 0 Å². The van der Waals surface area contributed by atoms with Crippen molar-refractivity contribution in [2.24, 2.45) is 0 Å². The normalized spacial score (nSPS) is 11.5. The third-order valence-electron chi connectivity index (χ3n) is 11.2. The number of furan rings is 1. The van der Waals surface area contributed by atoms with Gasteiger partial charge in [-0.05, 0) is 100 Å². The number of aromatic nitrogens is 1. The summed E-state index contributed by atoms with van der Waals surface area (Å²) < 4.78 is 9.11. The molecule has 9 aromatic carbocycles. The van der Waals surface area contributed by atoms with Crippen LogP contribution in [0.1, 0.15) is 0 Å². The van der Waals surface area contributed by atoms with Gasteiger partial charge < -0.3 is 13.9 Å². The standard InChI is InChI=1S/C54H36N2O/c1-4-12-37(13-5-1)39-20-22-40(23-21-39)42-26-30-45(31-27-42)55(44-28-24-41(25-29-44)38-14-6-2-7-15-38)46-32-33-48-52(36-46)57-51-35-34-50-53(54(48)51)47-18-10-11-19-49(47)56(50)43-16-8-3-9-17-43/h1-36H. The van der Waals surface area contributed by atoms with E-state index in [1.165, 1.54) is 49.7 Å². The number of benzene rings is 9. The summed E-state index contributed by atoms with van der Waals surface area (Å²) in [4.78, 5) is 2.32. The molecule has 0 aliphatic rings. The number of fused-ring (bicyclic) bond motifs is 7. The summed E-state index contributed by atoms with van der Waals surface area (Å²) in [5, 5.41) is 4.66. The van der Waals surface area contributed by atoms with Crippen molar-refractivity contribution in [2.45, 2.75) is 0 Å². The van der Waals surface area contributed by atoms with Gasteiger partial charge in [0.25, 0.3) is 0 Å². The van der Waals surface area contributed by atoms with Crippen LogP contribution in [0.15, 0.2) is 223 Å². The zero-order valence-electron chi connectivity index (χ0n) is 31.1. The fourth-order valence-electron chi connectivity index (χ4n) is 8.48. The van der Waals surface area contributed by atoms with Gasteiger partial charge in [0.1, 0.15) is 11.2 Å². The predicted molar refractivity (Wildman–Crippen MR) is 239 cm³/mol. The number of hydrogen-bond acceptors (Lipinski definition) is 2. The van der Waals surface area contributed by atoms with E-state index in [9.17, 15) is 0 Å². The number of anilines is 3. The number of nitrogens with zero attached hydrogens (tertiary/aromatic N) is 2. The van der Waals surface area contributed by atoms with Gasteiger partial charge in [-0.25, -0.2) is 0 Å². The zero-order chi connectivity index (χ0) is 37.7. The van der Waals surface area contributed by atoms with Crippen molar-refractivity contribution in [3.05, 3.63) is 218 Å². The predicted octanol–water partition coefficient (Wildman–Crippen LogP) is 15.2. The Morgan fingerprint density at radius 2 is 0.789 bits per heavy atom. The van der Waals surface area contributed by atoms with Gasteiger partial charge in [0.05, 0.1) is 11.0 Å². The maximum Gasteiger partial charge on any atom is 0.137 e. The molecule has 2 heterocycles. The zero-order valence-corrected chi connectivity index (χ0v) is 31.1. The number of para-hydroxylation sites is 2. The van der Waals surface area contributed by atoms with Gasteiger partial charge in [-0.3, -0.25) is 0 Å². The van der Waals surface area contributed by atoms with Crippen molar-refractivity contribution >= 4 is 60.8 Å². The second-order valence-electron chi connectivity index (χ2n) is 14.5. The molecule has 3 heteroatoms. The Hall–Kier alpha value is -7.62. The molecule has 0 saturated carbocycles. The van der Waals surface area contributed by atoms with E-state index in [1.54, 1.807) is 0 Å². The van der Waals surface area contributed by atoms with E-state index < -0.39 is 0 Å². The first-order chi connectivity index (χ1) is 28.3. The molecule has 0 fully saturated rings. The minimum atomic E-state index is 0.854. The van der Waals surface area contributed by atoms with Crippen LogP contribution < -0.4 is 4.90 Å². The Morgan fingerprint density at radius 1 is 0.316 bits per heavy atom. The van der Waals surface area contributed by atoms with Gasteiger partial charge in [-0.15, -0.1) is 0 Å². The maximum absolute atomic E-state index is 6.75. The van der Waals surface area contributed by atoms with Crippen LogP contribution in [0, 0.1) is 0 Å². The van der Waals surface area contributed by atoms with E-state index >= 15 is 0 Å². The summed E-state index contributed by atoms with van der Waals surface area (Å²) in [6.07, 6.45) is 0. The second-order valence-corrected chi connectivity index (χ2v) is 14.5. The highest BCUT2D eigenvalue weighted by Crippen LogP contribution is 2.44. The number of hydrogen-bond donors (Lipinski definition) is 0. The van der Waals surface area contributed by atoms with Crippen molar-refractivity contribution in [2.75, 3.05) is 4.90 Å². The minimum absolute atomic E-state index is 0.854. The van der Waals surface area contributed by atoms with E-state index in [-0.39, 0.29) is 0 Å². The summed E-state index contributed by atoms with van der Waals surface area (Å²) in [6, 6.07) is 77.9. The first-order valence-corrected chi connectivity index (χ1v) is 19.4. The fourth-order valence-corrected chi connectivity index (χ4v) is 8.48. The first-order valence-electron chi connectivity index (χ1n) is 19.4. The molecule has 268 valence electrons. The van der Waals surface area contributed by atoms with Gasteiger partial charge in [0, 0.05) is 50.4 Å². The molecule has 0 atom stereocenters. The Kier molecular flexibility index (Phi) is 7.82. The molecule has 0 N–H and O–H groups in total. The van der Waals surface area contributed by atoms with Crippen molar-refractivity contribution in [3.63, 3.8) is 0 Å². The summed E-state index contributed by atoms with van der Waals surface area (Å²) in [6.45, 7) is 0. The average Bonchev–Trinajstić information content (AvgIpc) is 3.83. The van der Waals surface area contributed by atoms with Crippen LogP contribution in [0.3, 0.4) is 0 Å². The molecule has 0 unspecified atom stereocenters. The molecular weight excluding hydrogens is 693 g/mol. The van der Waals surface area contributed by atoms with Gasteiger partial charge in [-0.1, -0.05) is 146 Å². The monoisotopic (exact) mass is 728 g/mol. The summed E-state index contributed by atoms with van der Waals surface area (Å²) >= 11 is 0. The average molecular weight is 729 g/mol. The fraction of sp³-hybridized carbons (Fsp3) is 0. The Labute approximate surface area is 330 Å². The lowest BCUT2D eigenvalue weighted by molar-refractivity contribution is 0.669. The topological polar surface area (TPSA) is 21.3 Å². The van der Waals surface area contributed by atoms with Crippen molar-refractivity contribution in [1.82, 2.24) is 4.57 Å². The summed E-state index contributed by atoms with van der Waals surface area (Å²) in [7, 11) is 0. The van der Waals surface area contributed by atoms with Crippen LogP contribution in [0.5, 0.6) is 0 Å². The molecule has 3 nitrogen and oxygen atoms in total. The largest absolute Gasteiger partial charge is 0.456 e. The minimum Gasteiger partial charge on any atom is -0.456 e. The summed E-state index contributed by atoms with van der Waals surface area (Å²) in [5.41, 5.74) is 15.5. The highest BCUT2D eigenvalue weighted by atomic mass is 16.3. The van der Waals surface area contributed by atoms with E-state index in [0.717, 1.165) is 50.2 Å². The smallest absolute Gasteiger partial charge is 0.137 e. The van der Waals surface area contributed by atoms with Crippen LogP contribution in [0.4, 0.5) is 17.1 Å². The van der Waals surface area contributed by atoms with E-state index in [1.807, 2.05) is 0 Å². The van der Waals surface area contributed by atoms with Crippen molar-refractivity contribution < 1.29 is 4.42 Å². The quantitative estimate of drug-likeness (QED) is 0.163. The Balaban J connectivity index is 1.03. The Morgan fingerprint density at radius 3 is 1.37 bits per heavy atom. The molecule has 2 aromatic heterocycles. The Bertz CT molecular complexity index is 3180. The lowest BCUT2D eigenvalue weighted by Crippen LogP contribution is -2.09. The van der Waals surface area contributed by atoms with E-state index in [4.69, 9.17) is 4.42 Å². The highest BCUT2D eigenvalue weighted by Gasteiger charge is 2.20. The molecule has 0 bridgehead atoms. The third kappa shape index (κ3) is 5.68. The lowest BCUT2D eigenvalue weighted by atomic mass is 10.00. The van der Waals surface area contributed by atoms with Crippen LogP contribution in [-0.4, -0.2) is 4.57 Å². The van der Waals surface area contributed by atoms with Gasteiger partial charge in [0.2, 0.25) is 0 Å². The number of rotatable bonds is 7. The molecule has 57 heavy (non-hydrogen) atoms. The maximum atomic E-state index is 6.75.